The van der Waals surface area contributed by atoms with Crippen molar-refractivity contribution in [1.82, 2.24) is 16.0 Å². The molecule has 0 saturated heterocycles. The maximum Gasteiger partial charge on any atom is 0.407 e. The summed E-state index contributed by atoms with van der Waals surface area (Å²) >= 11 is 0. The van der Waals surface area contributed by atoms with Gasteiger partial charge in [-0.05, 0) is 45.2 Å². The molecule has 0 bridgehead atoms. The van der Waals surface area contributed by atoms with Crippen LogP contribution in [0.4, 0.5) is 4.79 Å². The largest absolute Gasteiger partial charge is 0.469 e. The molecule has 148 valence electrons. The highest BCUT2D eigenvalue weighted by Gasteiger charge is 2.15. The van der Waals surface area contributed by atoms with Crippen LogP contribution in [0.3, 0.4) is 0 Å². The highest BCUT2D eigenvalue weighted by atomic mass is 16.6. The predicted molar refractivity (Wildman–Crippen MR) is 104 cm³/mol. The van der Waals surface area contributed by atoms with Crippen LogP contribution in [0.15, 0.2) is 27.8 Å². The summed E-state index contributed by atoms with van der Waals surface area (Å²) in [5.74, 6) is 2.22. The Morgan fingerprint density at radius 3 is 2.50 bits per heavy atom. The van der Waals surface area contributed by atoms with E-state index in [1.54, 1.807) is 6.26 Å². The van der Waals surface area contributed by atoms with Gasteiger partial charge in [0.25, 0.3) is 0 Å². The molecule has 7 nitrogen and oxygen atoms in total. The lowest BCUT2D eigenvalue weighted by Crippen LogP contribution is -2.40. The van der Waals surface area contributed by atoms with Crippen molar-refractivity contribution in [2.24, 2.45) is 10.9 Å². The second-order valence-corrected chi connectivity index (χ2v) is 7.55. The average molecular weight is 367 g/mol. The Hall–Kier alpha value is -2.18. The minimum absolute atomic E-state index is 0.386. The van der Waals surface area contributed by atoms with Crippen LogP contribution in [0, 0.1) is 5.92 Å². The first-order valence-electron chi connectivity index (χ1n) is 9.27. The quantitative estimate of drug-likeness (QED) is 0.355. The molecule has 1 heterocycles. The Morgan fingerprint density at radius 2 is 1.88 bits per heavy atom. The van der Waals surface area contributed by atoms with Gasteiger partial charge in [0.1, 0.15) is 11.4 Å². The van der Waals surface area contributed by atoms with Crippen LogP contribution in [0.5, 0.6) is 0 Å². The molecule has 1 aromatic heterocycles. The van der Waals surface area contributed by atoms with Crippen molar-refractivity contribution in [2.75, 3.05) is 26.2 Å². The summed E-state index contributed by atoms with van der Waals surface area (Å²) in [5, 5.41) is 9.36. The van der Waals surface area contributed by atoms with E-state index in [1.165, 1.54) is 0 Å². The molecule has 26 heavy (non-hydrogen) atoms. The van der Waals surface area contributed by atoms with Crippen molar-refractivity contribution in [1.29, 1.82) is 0 Å². The van der Waals surface area contributed by atoms with E-state index in [-0.39, 0.29) is 6.09 Å². The number of rotatable bonds is 9. The fourth-order valence-corrected chi connectivity index (χ4v) is 2.01. The third-order valence-electron chi connectivity index (χ3n) is 3.17. The Bertz CT molecular complexity index is 533. The number of aliphatic imine (C=N–C) groups is 1. The van der Waals surface area contributed by atoms with Gasteiger partial charge < -0.3 is 25.1 Å². The van der Waals surface area contributed by atoms with Gasteiger partial charge in [-0.3, -0.25) is 4.99 Å². The second-order valence-electron chi connectivity index (χ2n) is 7.55. The maximum absolute atomic E-state index is 11.6. The highest BCUT2D eigenvalue weighted by molar-refractivity contribution is 5.79. The van der Waals surface area contributed by atoms with Crippen LogP contribution in [-0.4, -0.2) is 43.8 Å². The van der Waals surface area contributed by atoms with Crippen LogP contribution in [-0.2, 0) is 11.2 Å². The smallest absolute Gasteiger partial charge is 0.407 e. The summed E-state index contributed by atoms with van der Waals surface area (Å²) in [6.45, 7) is 12.6. The number of furan rings is 1. The lowest BCUT2D eigenvalue weighted by Gasteiger charge is -2.19. The molecule has 1 amide bonds. The van der Waals surface area contributed by atoms with E-state index in [2.05, 4.69) is 34.8 Å². The van der Waals surface area contributed by atoms with Gasteiger partial charge in [-0.15, -0.1) is 0 Å². The van der Waals surface area contributed by atoms with Crippen molar-refractivity contribution < 1.29 is 13.9 Å². The molecule has 0 aliphatic rings. The number of carbonyl (C=O) groups excluding carboxylic acids is 1. The lowest BCUT2D eigenvalue weighted by atomic mass is 10.2. The molecule has 1 rings (SSSR count). The van der Waals surface area contributed by atoms with Crippen LogP contribution < -0.4 is 16.0 Å². The summed E-state index contributed by atoms with van der Waals surface area (Å²) in [6, 6.07) is 3.85. The SMILES string of the molecule is CC(C)CN=C(NCCCNC(=O)OC(C)(C)C)NCCc1ccco1. The van der Waals surface area contributed by atoms with E-state index in [9.17, 15) is 4.79 Å². The number of nitrogens with zero attached hydrogens (tertiary/aromatic N) is 1. The molecule has 0 atom stereocenters. The van der Waals surface area contributed by atoms with Crippen LogP contribution in [0.25, 0.3) is 0 Å². The molecule has 0 aliphatic heterocycles. The number of guanidine groups is 1. The van der Waals surface area contributed by atoms with Gasteiger partial charge in [0.2, 0.25) is 0 Å². The van der Waals surface area contributed by atoms with E-state index >= 15 is 0 Å². The molecule has 0 aromatic carbocycles. The number of ether oxygens (including phenoxy) is 1. The fourth-order valence-electron chi connectivity index (χ4n) is 2.01. The van der Waals surface area contributed by atoms with Gasteiger partial charge >= 0.3 is 6.09 Å². The van der Waals surface area contributed by atoms with Crippen LogP contribution in [0.2, 0.25) is 0 Å². The normalized spacial score (nSPS) is 12.2. The zero-order valence-corrected chi connectivity index (χ0v) is 16.7. The fraction of sp³-hybridized carbons (Fsp3) is 0.684. The van der Waals surface area contributed by atoms with Crippen LogP contribution in [0.1, 0.15) is 46.8 Å². The summed E-state index contributed by atoms with van der Waals surface area (Å²) in [7, 11) is 0. The van der Waals surface area contributed by atoms with E-state index in [0.29, 0.717) is 19.0 Å². The molecule has 1 aromatic rings. The molecule has 0 spiro atoms. The molecular formula is C19H34N4O3. The predicted octanol–water partition coefficient (Wildman–Crippen LogP) is 2.93. The number of hydrogen-bond acceptors (Lipinski definition) is 4. The molecular weight excluding hydrogens is 332 g/mol. The second kappa shape index (κ2) is 11.4. The molecule has 0 unspecified atom stereocenters. The van der Waals surface area contributed by atoms with Crippen molar-refractivity contribution in [3.05, 3.63) is 24.2 Å². The van der Waals surface area contributed by atoms with Gasteiger partial charge in [-0.1, -0.05) is 13.8 Å². The first-order chi connectivity index (χ1) is 12.3. The highest BCUT2D eigenvalue weighted by Crippen LogP contribution is 2.06. The zero-order chi connectivity index (χ0) is 19.4. The molecule has 0 fully saturated rings. The average Bonchev–Trinajstić information content (AvgIpc) is 3.03. The topological polar surface area (TPSA) is 87.9 Å². The zero-order valence-electron chi connectivity index (χ0n) is 16.7. The van der Waals surface area contributed by atoms with E-state index < -0.39 is 5.60 Å². The first kappa shape index (κ1) is 21.9. The summed E-state index contributed by atoms with van der Waals surface area (Å²) in [6.07, 6.45) is 2.87. The van der Waals surface area contributed by atoms with E-state index in [4.69, 9.17) is 9.15 Å². The van der Waals surface area contributed by atoms with Crippen molar-refractivity contribution in [3.8, 4) is 0 Å². The number of carbonyl (C=O) groups is 1. The Balaban J connectivity index is 2.27. The standard InChI is InChI=1S/C19H34N4O3/c1-15(2)14-23-17(21-12-9-16-8-6-13-25-16)20-10-7-11-22-18(24)26-19(3,4)5/h6,8,13,15H,7,9-12,14H2,1-5H3,(H,22,24)(H2,20,21,23). The van der Waals surface area contributed by atoms with Gasteiger partial charge in [-0.2, -0.15) is 0 Å². The monoisotopic (exact) mass is 366 g/mol. The summed E-state index contributed by atoms with van der Waals surface area (Å²) < 4.78 is 10.5. The number of nitrogens with one attached hydrogen (secondary N) is 3. The Morgan fingerprint density at radius 1 is 1.19 bits per heavy atom. The van der Waals surface area contributed by atoms with Crippen molar-refractivity contribution in [2.45, 2.75) is 53.1 Å². The summed E-state index contributed by atoms with van der Waals surface area (Å²) in [5.41, 5.74) is -0.475. The lowest BCUT2D eigenvalue weighted by molar-refractivity contribution is 0.0527. The van der Waals surface area contributed by atoms with Crippen molar-refractivity contribution >= 4 is 12.1 Å². The van der Waals surface area contributed by atoms with Gasteiger partial charge in [0.15, 0.2) is 5.96 Å². The summed E-state index contributed by atoms with van der Waals surface area (Å²) in [4.78, 5) is 16.2. The van der Waals surface area contributed by atoms with Gasteiger partial charge in [0, 0.05) is 32.6 Å². The Labute approximate surface area is 157 Å². The molecule has 7 heteroatoms. The molecule has 3 N–H and O–H groups in total. The van der Waals surface area contributed by atoms with Crippen molar-refractivity contribution in [3.63, 3.8) is 0 Å². The Kier molecular flexibility index (Phi) is 9.62. The van der Waals surface area contributed by atoms with E-state index in [0.717, 1.165) is 37.7 Å². The third-order valence-corrected chi connectivity index (χ3v) is 3.17. The number of amides is 1. The van der Waals surface area contributed by atoms with Gasteiger partial charge in [-0.25, -0.2) is 4.79 Å². The third kappa shape index (κ3) is 11.4. The molecule has 0 saturated carbocycles. The van der Waals surface area contributed by atoms with E-state index in [1.807, 2.05) is 32.9 Å². The number of hydrogen-bond donors (Lipinski definition) is 3. The maximum atomic E-state index is 11.6. The minimum atomic E-state index is -0.475. The minimum Gasteiger partial charge on any atom is -0.469 e. The van der Waals surface area contributed by atoms with Crippen LogP contribution >= 0.6 is 0 Å². The molecule has 0 radical (unpaired) electrons. The molecule has 0 aliphatic carbocycles. The first-order valence-corrected chi connectivity index (χ1v) is 9.27. The van der Waals surface area contributed by atoms with Gasteiger partial charge in [0.05, 0.1) is 6.26 Å². The number of alkyl carbamates (subject to hydrolysis) is 1.